The zero-order chi connectivity index (χ0) is 24.4. The second-order valence-electron chi connectivity index (χ2n) is 8.77. The molecule has 1 heterocycles. The molecule has 35 heavy (non-hydrogen) atoms. The third kappa shape index (κ3) is 5.38. The summed E-state index contributed by atoms with van der Waals surface area (Å²) in [6, 6.07) is 23.1. The molecule has 5 nitrogen and oxygen atoms in total. The van der Waals surface area contributed by atoms with Gasteiger partial charge in [0.2, 0.25) is 11.8 Å². The van der Waals surface area contributed by atoms with Crippen LogP contribution in [0.1, 0.15) is 29.7 Å². The van der Waals surface area contributed by atoms with Gasteiger partial charge in [0.1, 0.15) is 11.6 Å². The highest BCUT2D eigenvalue weighted by molar-refractivity contribution is 6.30. The zero-order valence-corrected chi connectivity index (χ0v) is 20.1. The van der Waals surface area contributed by atoms with Gasteiger partial charge in [-0.1, -0.05) is 48.0 Å². The van der Waals surface area contributed by atoms with Crippen molar-refractivity contribution in [3.63, 3.8) is 0 Å². The van der Waals surface area contributed by atoms with E-state index in [4.69, 9.17) is 21.4 Å². The molecule has 1 saturated carbocycles. The number of rotatable bonds is 8. The Kier molecular flexibility index (Phi) is 6.55. The summed E-state index contributed by atoms with van der Waals surface area (Å²) in [5, 5.41) is 5.34. The van der Waals surface area contributed by atoms with E-state index in [-0.39, 0.29) is 17.6 Å². The number of carbonyl (C=O) groups is 1. The van der Waals surface area contributed by atoms with Crippen molar-refractivity contribution in [3.05, 3.63) is 107 Å². The van der Waals surface area contributed by atoms with E-state index in [0.717, 1.165) is 35.3 Å². The van der Waals surface area contributed by atoms with Crippen LogP contribution < -0.4 is 4.74 Å². The first-order valence-electron chi connectivity index (χ1n) is 11.6. The van der Waals surface area contributed by atoms with Gasteiger partial charge in [0.25, 0.3) is 0 Å². The maximum atomic E-state index is 13.5. The van der Waals surface area contributed by atoms with Crippen LogP contribution >= 0.6 is 11.6 Å². The fourth-order valence-corrected chi connectivity index (χ4v) is 4.19. The van der Waals surface area contributed by atoms with E-state index in [1.807, 2.05) is 60.4 Å². The highest BCUT2D eigenvalue weighted by Gasteiger charge is 2.34. The lowest BCUT2D eigenvalue weighted by molar-refractivity contribution is -0.133. The average molecular weight is 490 g/mol. The van der Waals surface area contributed by atoms with Gasteiger partial charge in [-0.3, -0.25) is 4.79 Å². The summed E-state index contributed by atoms with van der Waals surface area (Å²) in [4.78, 5) is 15.1. The van der Waals surface area contributed by atoms with Crippen molar-refractivity contribution in [2.24, 2.45) is 5.92 Å². The Morgan fingerprint density at radius 2 is 1.80 bits per heavy atom. The lowest BCUT2D eigenvalue weighted by atomic mass is 10.1. The number of aromatic nitrogens is 2. The molecule has 0 bridgehead atoms. The van der Waals surface area contributed by atoms with E-state index < -0.39 is 0 Å². The molecule has 1 fully saturated rings. The number of para-hydroxylation sites is 1. The molecule has 1 aliphatic carbocycles. The molecule has 178 valence electrons. The molecule has 3 aromatic carbocycles. The first kappa shape index (κ1) is 23.1. The topological polar surface area (TPSA) is 47.4 Å². The van der Waals surface area contributed by atoms with Gasteiger partial charge in [-0.2, -0.15) is 5.10 Å². The minimum Gasteiger partial charge on any atom is -0.439 e. The first-order valence-corrected chi connectivity index (χ1v) is 12.0. The third-order valence-corrected chi connectivity index (χ3v) is 6.26. The quantitative estimate of drug-likeness (QED) is 0.276. The normalized spacial score (nSPS) is 13.0. The van der Waals surface area contributed by atoms with Crippen molar-refractivity contribution < 1.29 is 13.9 Å². The third-order valence-electron chi connectivity index (χ3n) is 6.02. The second-order valence-corrected chi connectivity index (χ2v) is 9.21. The van der Waals surface area contributed by atoms with Gasteiger partial charge >= 0.3 is 0 Å². The Bertz CT molecular complexity index is 1330. The van der Waals surface area contributed by atoms with Gasteiger partial charge in [0, 0.05) is 17.5 Å². The Morgan fingerprint density at radius 3 is 2.49 bits per heavy atom. The van der Waals surface area contributed by atoms with Crippen LogP contribution in [0, 0.1) is 18.7 Å². The highest BCUT2D eigenvalue weighted by atomic mass is 35.5. The molecule has 0 spiro atoms. The maximum absolute atomic E-state index is 13.5. The molecule has 0 aliphatic heterocycles. The van der Waals surface area contributed by atoms with Crippen LogP contribution in [0.25, 0.3) is 5.69 Å². The van der Waals surface area contributed by atoms with Crippen molar-refractivity contribution in [1.29, 1.82) is 0 Å². The SMILES string of the molecule is Cc1nn(-c2cccc(Cl)c2)c(Oc2ccccc2)c1CN(Cc1ccc(F)cc1)C(=O)C1CC1. The highest BCUT2D eigenvalue weighted by Crippen LogP contribution is 2.35. The summed E-state index contributed by atoms with van der Waals surface area (Å²) in [5.74, 6) is 1.03. The van der Waals surface area contributed by atoms with Gasteiger partial charge in [-0.05, 0) is 67.8 Å². The predicted molar refractivity (Wildman–Crippen MR) is 133 cm³/mol. The van der Waals surface area contributed by atoms with E-state index >= 15 is 0 Å². The van der Waals surface area contributed by atoms with Crippen molar-refractivity contribution in [2.75, 3.05) is 0 Å². The summed E-state index contributed by atoms with van der Waals surface area (Å²) < 4.78 is 21.5. The Morgan fingerprint density at radius 1 is 1.06 bits per heavy atom. The molecule has 1 aromatic heterocycles. The number of aryl methyl sites for hydroxylation is 1. The molecule has 4 aromatic rings. The molecule has 1 aliphatic rings. The molecule has 0 unspecified atom stereocenters. The summed E-state index contributed by atoms with van der Waals surface area (Å²) in [5.41, 5.74) is 3.19. The smallest absolute Gasteiger partial charge is 0.227 e. The zero-order valence-electron chi connectivity index (χ0n) is 19.3. The minimum atomic E-state index is -0.300. The number of benzene rings is 3. The fraction of sp³-hybridized carbons (Fsp3) is 0.214. The Balaban J connectivity index is 1.54. The first-order chi connectivity index (χ1) is 17.0. The number of hydrogen-bond donors (Lipinski definition) is 0. The van der Waals surface area contributed by atoms with Crippen LogP contribution in [0.4, 0.5) is 4.39 Å². The summed E-state index contributed by atoms with van der Waals surface area (Å²) in [7, 11) is 0. The standard InChI is InChI=1S/C28H25ClFN3O2/c1-19-26(18-32(27(34)21-12-13-21)17-20-10-14-23(30)15-11-20)28(35-25-8-3-2-4-9-25)33(31-19)24-7-5-6-22(29)16-24/h2-11,14-16,21H,12-13,17-18H2,1H3. The molecule has 0 N–H and O–H groups in total. The number of amides is 1. The number of ether oxygens (including phenoxy) is 1. The van der Waals surface area contributed by atoms with Crippen LogP contribution in [0.2, 0.25) is 5.02 Å². The molecular formula is C28H25ClFN3O2. The number of carbonyl (C=O) groups excluding carboxylic acids is 1. The van der Waals surface area contributed by atoms with Crippen LogP contribution in [0.5, 0.6) is 11.6 Å². The van der Waals surface area contributed by atoms with Crippen molar-refractivity contribution >= 4 is 17.5 Å². The van der Waals surface area contributed by atoms with E-state index in [0.29, 0.717) is 29.7 Å². The number of nitrogens with zero attached hydrogens (tertiary/aromatic N) is 3. The van der Waals surface area contributed by atoms with E-state index in [1.165, 1.54) is 12.1 Å². The van der Waals surface area contributed by atoms with Gasteiger partial charge in [-0.15, -0.1) is 0 Å². The van der Waals surface area contributed by atoms with Gasteiger partial charge in [-0.25, -0.2) is 9.07 Å². The van der Waals surface area contributed by atoms with Gasteiger partial charge in [0.05, 0.1) is 23.5 Å². The Labute approximate surface area is 208 Å². The number of hydrogen-bond acceptors (Lipinski definition) is 3. The summed E-state index contributed by atoms with van der Waals surface area (Å²) >= 11 is 6.26. The monoisotopic (exact) mass is 489 g/mol. The van der Waals surface area contributed by atoms with Crippen LogP contribution in [0.15, 0.2) is 78.9 Å². The molecule has 0 radical (unpaired) electrons. The maximum Gasteiger partial charge on any atom is 0.227 e. The van der Waals surface area contributed by atoms with Crippen LogP contribution in [-0.4, -0.2) is 20.6 Å². The van der Waals surface area contributed by atoms with E-state index in [2.05, 4.69) is 0 Å². The largest absolute Gasteiger partial charge is 0.439 e. The lowest BCUT2D eigenvalue weighted by Gasteiger charge is -2.23. The van der Waals surface area contributed by atoms with Gasteiger partial charge in [0.15, 0.2) is 0 Å². The molecular weight excluding hydrogens is 465 g/mol. The van der Waals surface area contributed by atoms with Gasteiger partial charge < -0.3 is 9.64 Å². The van der Waals surface area contributed by atoms with Crippen LogP contribution in [0.3, 0.4) is 0 Å². The van der Waals surface area contributed by atoms with Crippen molar-refractivity contribution in [1.82, 2.24) is 14.7 Å². The summed E-state index contributed by atoms with van der Waals surface area (Å²) in [6.07, 6.45) is 1.79. The molecule has 7 heteroatoms. The molecule has 0 saturated heterocycles. The predicted octanol–water partition coefficient (Wildman–Crippen LogP) is 6.70. The molecule has 0 atom stereocenters. The average Bonchev–Trinajstić information content (AvgIpc) is 3.66. The summed E-state index contributed by atoms with van der Waals surface area (Å²) in [6.45, 7) is 2.61. The number of halogens is 2. The molecule has 5 rings (SSSR count). The second kappa shape index (κ2) is 9.92. The van der Waals surface area contributed by atoms with E-state index in [9.17, 15) is 9.18 Å². The Hall–Kier alpha value is -3.64. The van der Waals surface area contributed by atoms with Crippen molar-refractivity contribution in [2.45, 2.75) is 32.9 Å². The van der Waals surface area contributed by atoms with Crippen molar-refractivity contribution in [3.8, 4) is 17.3 Å². The lowest BCUT2D eigenvalue weighted by Crippen LogP contribution is -2.31. The minimum absolute atomic E-state index is 0.0391. The van der Waals surface area contributed by atoms with Crippen LogP contribution in [-0.2, 0) is 17.9 Å². The molecule has 1 amide bonds. The van der Waals surface area contributed by atoms with E-state index in [1.54, 1.807) is 22.9 Å². The fourth-order valence-electron chi connectivity index (χ4n) is 4.01.